The highest BCUT2D eigenvalue weighted by Gasteiger charge is 2.36. The van der Waals surface area contributed by atoms with Crippen LogP contribution in [0.2, 0.25) is 18.1 Å². The van der Waals surface area contributed by atoms with Gasteiger partial charge >= 0.3 is 5.97 Å². The van der Waals surface area contributed by atoms with Gasteiger partial charge in [-0.1, -0.05) is 51.1 Å². The molecule has 0 N–H and O–H groups in total. The summed E-state index contributed by atoms with van der Waals surface area (Å²) in [5.41, 5.74) is 2.05. The lowest BCUT2D eigenvalue weighted by molar-refractivity contribution is 0.0580. The van der Waals surface area contributed by atoms with Crippen LogP contribution in [-0.2, 0) is 22.3 Å². The van der Waals surface area contributed by atoms with E-state index in [1.807, 2.05) is 37.3 Å². The predicted octanol–water partition coefficient (Wildman–Crippen LogP) is 4.97. The molecular formula is C22H34N2O4Si. The highest BCUT2D eigenvalue weighted by Crippen LogP contribution is 2.36. The summed E-state index contributed by atoms with van der Waals surface area (Å²) in [6, 6.07) is 9.83. The van der Waals surface area contributed by atoms with Crippen molar-refractivity contribution in [3.8, 4) is 5.75 Å². The maximum atomic E-state index is 12.4. The molecule has 0 saturated carbocycles. The lowest BCUT2D eigenvalue weighted by Crippen LogP contribution is -2.41. The zero-order valence-electron chi connectivity index (χ0n) is 18.7. The van der Waals surface area contributed by atoms with Crippen LogP contribution in [0.3, 0.4) is 0 Å². The number of ether oxygens (including phenoxy) is 2. The fraction of sp³-hybridized carbons (Fsp3) is 0.545. The maximum Gasteiger partial charge on any atom is 0.360 e. The van der Waals surface area contributed by atoms with Gasteiger partial charge in [0.1, 0.15) is 12.3 Å². The molecule has 0 amide bonds. The molecule has 0 fully saturated rings. The summed E-state index contributed by atoms with van der Waals surface area (Å²) < 4.78 is 18.9. The Morgan fingerprint density at radius 2 is 1.83 bits per heavy atom. The monoisotopic (exact) mass is 418 g/mol. The van der Waals surface area contributed by atoms with Crippen molar-refractivity contribution in [2.24, 2.45) is 0 Å². The largest absolute Gasteiger partial charge is 0.484 e. The second-order valence-electron chi connectivity index (χ2n) is 8.71. The number of carbonyl (C=O) groups excluding carboxylic acids is 1. The van der Waals surface area contributed by atoms with Crippen LogP contribution in [-0.4, -0.2) is 37.8 Å². The van der Waals surface area contributed by atoms with Gasteiger partial charge in [-0.15, -0.1) is 0 Å². The molecule has 7 heteroatoms. The molecular weight excluding hydrogens is 384 g/mol. The minimum absolute atomic E-state index is 0.172. The standard InChI is InChI=1S/C22H34N2O4Si/c1-17-20(27-16-18-12-9-8-10-13-18)19(21(25)26-5)24(23-17)14-11-15-28-29(6,7)22(2,3)4/h8-10,12-13H,11,14-16H2,1-7H3. The molecule has 2 aromatic rings. The van der Waals surface area contributed by atoms with E-state index in [1.165, 1.54) is 7.11 Å². The lowest BCUT2D eigenvalue weighted by atomic mass is 10.2. The van der Waals surface area contributed by atoms with Gasteiger partial charge < -0.3 is 13.9 Å². The number of hydrogen-bond acceptors (Lipinski definition) is 5. The van der Waals surface area contributed by atoms with Gasteiger partial charge in [-0.2, -0.15) is 5.10 Å². The van der Waals surface area contributed by atoms with E-state index in [-0.39, 0.29) is 5.04 Å². The van der Waals surface area contributed by atoms with E-state index in [4.69, 9.17) is 13.9 Å². The van der Waals surface area contributed by atoms with Gasteiger partial charge in [-0.25, -0.2) is 4.79 Å². The average Bonchev–Trinajstić information content (AvgIpc) is 2.98. The first-order valence-corrected chi connectivity index (χ1v) is 12.9. The summed E-state index contributed by atoms with van der Waals surface area (Å²) in [5.74, 6) is 0.0324. The zero-order valence-corrected chi connectivity index (χ0v) is 19.7. The number of nitrogens with zero attached hydrogens (tertiary/aromatic N) is 2. The van der Waals surface area contributed by atoms with Crippen molar-refractivity contribution < 1.29 is 18.7 Å². The van der Waals surface area contributed by atoms with Crippen LogP contribution in [0.15, 0.2) is 30.3 Å². The summed E-state index contributed by atoms with van der Waals surface area (Å²) in [6.45, 7) is 14.6. The fourth-order valence-corrected chi connectivity index (χ4v) is 3.77. The van der Waals surface area contributed by atoms with Gasteiger partial charge in [-0.05, 0) is 37.0 Å². The second kappa shape index (κ2) is 9.58. The Morgan fingerprint density at radius 1 is 1.17 bits per heavy atom. The van der Waals surface area contributed by atoms with Crippen molar-refractivity contribution >= 4 is 14.3 Å². The van der Waals surface area contributed by atoms with Crippen LogP contribution < -0.4 is 4.74 Å². The van der Waals surface area contributed by atoms with Gasteiger partial charge in [0.25, 0.3) is 0 Å². The molecule has 0 aliphatic heterocycles. The van der Waals surface area contributed by atoms with Crippen molar-refractivity contribution in [2.45, 2.75) is 65.4 Å². The van der Waals surface area contributed by atoms with Crippen LogP contribution in [0.25, 0.3) is 0 Å². The Morgan fingerprint density at radius 3 is 2.41 bits per heavy atom. The third-order valence-corrected chi connectivity index (χ3v) is 10.00. The molecule has 1 heterocycles. The van der Waals surface area contributed by atoms with Gasteiger partial charge in [0.2, 0.25) is 0 Å². The van der Waals surface area contributed by atoms with E-state index in [0.717, 1.165) is 12.0 Å². The molecule has 0 aliphatic rings. The molecule has 2 rings (SSSR count). The SMILES string of the molecule is COC(=O)c1c(OCc2ccccc2)c(C)nn1CCCO[Si](C)(C)C(C)(C)C. The average molecular weight is 419 g/mol. The Hall–Kier alpha value is -2.12. The lowest BCUT2D eigenvalue weighted by Gasteiger charge is -2.36. The molecule has 0 saturated heterocycles. The third-order valence-electron chi connectivity index (χ3n) is 5.46. The highest BCUT2D eigenvalue weighted by atomic mass is 28.4. The molecule has 0 radical (unpaired) electrons. The molecule has 6 nitrogen and oxygen atoms in total. The molecule has 1 aromatic heterocycles. The van der Waals surface area contributed by atoms with Crippen LogP contribution in [0.4, 0.5) is 0 Å². The van der Waals surface area contributed by atoms with Crippen LogP contribution >= 0.6 is 0 Å². The Labute approximate surface area is 175 Å². The summed E-state index contributed by atoms with van der Waals surface area (Å²) in [5, 5.41) is 4.69. The molecule has 1 aromatic carbocycles. The van der Waals surface area contributed by atoms with Gasteiger partial charge in [-0.3, -0.25) is 4.68 Å². The number of carbonyl (C=O) groups is 1. The Bertz CT molecular complexity index is 810. The minimum Gasteiger partial charge on any atom is -0.484 e. The highest BCUT2D eigenvalue weighted by molar-refractivity contribution is 6.74. The number of aryl methyl sites for hydroxylation is 2. The van der Waals surface area contributed by atoms with Crippen molar-refractivity contribution in [3.63, 3.8) is 0 Å². The normalized spacial score (nSPS) is 12.1. The molecule has 0 aliphatic carbocycles. The molecule has 29 heavy (non-hydrogen) atoms. The summed E-state index contributed by atoms with van der Waals surface area (Å²) in [4.78, 5) is 12.4. The molecule has 0 spiro atoms. The van der Waals surface area contributed by atoms with Crippen LogP contribution in [0, 0.1) is 6.92 Å². The fourth-order valence-electron chi connectivity index (χ4n) is 2.68. The van der Waals surface area contributed by atoms with Gasteiger partial charge in [0.15, 0.2) is 19.8 Å². The topological polar surface area (TPSA) is 62.6 Å². The number of benzene rings is 1. The second-order valence-corrected chi connectivity index (χ2v) is 13.5. The van der Waals surface area contributed by atoms with Crippen molar-refractivity contribution in [1.82, 2.24) is 9.78 Å². The first-order chi connectivity index (χ1) is 13.6. The number of aromatic nitrogens is 2. The summed E-state index contributed by atoms with van der Waals surface area (Å²) in [6.07, 6.45) is 0.760. The predicted molar refractivity (Wildman–Crippen MR) is 117 cm³/mol. The molecule has 160 valence electrons. The summed E-state index contributed by atoms with van der Waals surface area (Å²) >= 11 is 0. The van der Waals surface area contributed by atoms with E-state index < -0.39 is 14.3 Å². The number of esters is 1. The minimum atomic E-state index is -1.79. The Balaban J connectivity index is 2.08. The van der Waals surface area contributed by atoms with Crippen LogP contribution in [0.1, 0.15) is 48.9 Å². The summed E-state index contributed by atoms with van der Waals surface area (Å²) in [7, 11) is -0.416. The van der Waals surface area contributed by atoms with Crippen LogP contribution in [0.5, 0.6) is 5.75 Å². The molecule has 0 atom stereocenters. The van der Waals surface area contributed by atoms with Crippen molar-refractivity contribution in [2.75, 3.05) is 13.7 Å². The van der Waals surface area contributed by atoms with Gasteiger partial charge in [0.05, 0.1) is 7.11 Å². The zero-order chi connectivity index (χ0) is 21.7. The van der Waals surface area contributed by atoms with E-state index in [9.17, 15) is 4.79 Å². The van der Waals surface area contributed by atoms with E-state index in [0.29, 0.717) is 36.9 Å². The van der Waals surface area contributed by atoms with Gasteiger partial charge in [0, 0.05) is 13.2 Å². The smallest absolute Gasteiger partial charge is 0.360 e. The van der Waals surface area contributed by atoms with Crippen molar-refractivity contribution in [1.29, 1.82) is 0 Å². The molecule has 0 unspecified atom stereocenters. The first kappa shape index (κ1) is 23.2. The first-order valence-electron chi connectivity index (χ1n) is 10.0. The van der Waals surface area contributed by atoms with E-state index in [1.54, 1.807) is 4.68 Å². The van der Waals surface area contributed by atoms with E-state index in [2.05, 4.69) is 39.0 Å². The Kier molecular flexibility index (Phi) is 7.65. The van der Waals surface area contributed by atoms with Crippen molar-refractivity contribution in [3.05, 3.63) is 47.3 Å². The van der Waals surface area contributed by atoms with E-state index >= 15 is 0 Å². The number of hydrogen-bond donors (Lipinski definition) is 0. The maximum absolute atomic E-state index is 12.4. The molecule has 0 bridgehead atoms. The number of rotatable bonds is 9. The third kappa shape index (κ3) is 5.93. The quantitative estimate of drug-likeness (QED) is 0.327. The number of methoxy groups -OCH3 is 1.